The molecule has 0 aliphatic carbocycles. The van der Waals surface area contributed by atoms with Crippen molar-refractivity contribution in [3.05, 3.63) is 28.0 Å². The largest absolute Gasteiger partial charge is 0.402 e. The van der Waals surface area contributed by atoms with Crippen LogP contribution in [0.2, 0.25) is 0 Å². The summed E-state index contributed by atoms with van der Waals surface area (Å²) >= 11 is 3.32. The smallest absolute Gasteiger partial charge is 0.137 e. The summed E-state index contributed by atoms with van der Waals surface area (Å²) in [6.45, 7) is 1.82. The fourth-order valence-corrected chi connectivity index (χ4v) is 1.48. The molecule has 1 heterocycles. The molecule has 0 saturated heterocycles. The maximum atomic E-state index is 5.76. The van der Waals surface area contributed by atoms with Crippen LogP contribution in [0.4, 0.5) is 5.82 Å². The number of aromatic nitrogens is 1. The number of pyridine rings is 1. The summed E-state index contributed by atoms with van der Waals surface area (Å²) in [6.07, 6.45) is 3.38. The second-order valence-electron chi connectivity index (χ2n) is 3.08. The van der Waals surface area contributed by atoms with Crippen molar-refractivity contribution in [2.24, 2.45) is 10.7 Å². The van der Waals surface area contributed by atoms with Crippen LogP contribution in [0.3, 0.4) is 0 Å². The molecule has 0 amide bonds. The molecular formula is C10H13BrN4. The highest BCUT2D eigenvalue weighted by Gasteiger charge is 2.05. The van der Waals surface area contributed by atoms with Gasteiger partial charge in [0.1, 0.15) is 5.82 Å². The molecule has 0 aromatic carbocycles. The first kappa shape index (κ1) is 11.7. The monoisotopic (exact) mass is 268 g/mol. The minimum Gasteiger partial charge on any atom is -0.402 e. The van der Waals surface area contributed by atoms with Gasteiger partial charge in [0.2, 0.25) is 0 Å². The van der Waals surface area contributed by atoms with E-state index in [-0.39, 0.29) is 0 Å². The summed E-state index contributed by atoms with van der Waals surface area (Å²) in [4.78, 5) is 7.99. The van der Waals surface area contributed by atoms with Crippen molar-refractivity contribution >= 4 is 33.5 Å². The first-order valence-corrected chi connectivity index (χ1v) is 5.15. The van der Waals surface area contributed by atoms with Gasteiger partial charge in [0.05, 0.1) is 4.47 Å². The fraction of sp³-hybridized carbons (Fsp3) is 0.200. The van der Waals surface area contributed by atoms with E-state index in [1.165, 1.54) is 0 Å². The average molecular weight is 269 g/mol. The molecule has 15 heavy (non-hydrogen) atoms. The number of hydrogen-bond acceptors (Lipinski definition) is 4. The highest BCUT2D eigenvalue weighted by atomic mass is 79.9. The van der Waals surface area contributed by atoms with Crippen LogP contribution >= 0.6 is 15.9 Å². The molecule has 0 aliphatic rings. The molecule has 0 atom stereocenters. The second kappa shape index (κ2) is 4.93. The molecular weight excluding hydrogens is 256 g/mol. The average Bonchev–Trinajstić information content (AvgIpc) is 2.18. The lowest BCUT2D eigenvalue weighted by Crippen LogP contribution is -2.01. The van der Waals surface area contributed by atoms with Crippen LogP contribution in [-0.4, -0.2) is 18.2 Å². The Balaban J connectivity index is 3.25. The molecule has 0 saturated carbocycles. The number of aliphatic imine (C=N–C) groups is 1. The Morgan fingerprint density at radius 3 is 2.73 bits per heavy atom. The number of halogens is 1. The van der Waals surface area contributed by atoms with Crippen molar-refractivity contribution in [1.29, 1.82) is 0 Å². The molecule has 1 aromatic rings. The summed E-state index contributed by atoms with van der Waals surface area (Å²) < 4.78 is 0.753. The Morgan fingerprint density at radius 2 is 2.27 bits per heavy atom. The normalized spacial score (nSPS) is 13.0. The molecule has 0 bridgehead atoms. The number of hydrogen-bond donors (Lipinski definition) is 2. The van der Waals surface area contributed by atoms with Crippen LogP contribution < -0.4 is 11.5 Å². The van der Waals surface area contributed by atoms with Crippen molar-refractivity contribution in [3.63, 3.8) is 0 Å². The van der Waals surface area contributed by atoms with Crippen molar-refractivity contribution in [3.8, 4) is 0 Å². The van der Waals surface area contributed by atoms with Crippen LogP contribution in [-0.2, 0) is 0 Å². The predicted molar refractivity (Wildman–Crippen MR) is 67.5 cm³/mol. The maximum Gasteiger partial charge on any atom is 0.137 e. The number of anilines is 1. The molecule has 0 aliphatic heterocycles. The number of nitrogen functional groups attached to an aromatic ring is 1. The van der Waals surface area contributed by atoms with E-state index in [0.29, 0.717) is 11.5 Å². The molecule has 4 N–H and O–H groups in total. The van der Waals surface area contributed by atoms with E-state index in [2.05, 4.69) is 25.9 Å². The van der Waals surface area contributed by atoms with Crippen molar-refractivity contribution in [2.45, 2.75) is 6.92 Å². The summed E-state index contributed by atoms with van der Waals surface area (Å²) in [5.41, 5.74) is 13.8. The first-order chi connectivity index (χ1) is 7.06. The number of allylic oxidation sites excluding steroid dienone is 2. The highest BCUT2D eigenvalue weighted by Crippen LogP contribution is 2.22. The van der Waals surface area contributed by atoms with Gasteiger partial charge in [-0.3, -0.25) is 4.99 Å². The van der Waals surface area contributed by atoms with E-state index in [1.807, 2.05) is 13.0 Å². The zero-order valence-electron chi connectivity index (χ0n) is 8.66. The second-order valence-corrected chi connectivity index (χ2v) is 3.93. The zero-order valence-corrected chi connectivity index (χ0v) is 10.2. The van der Waals surface area contributed by atoms with Gasteiger partial charge in [-0.15, -0.1) is 0 Å². The van der Waals surface area contributed by atoms with E-state index in [4.69, 9.17) is 11.5 Å². The van der Waals surface area contributed by atoms with Gasteiger partial charge >= 0.3 is 0 Å². The first-order valence-electron chi connectivity index (χ1n) is 4.36. The summed E-state index contributed by atoms with van der Waals surface area (Å²) in [5.74, 6) is 0.459. The predicted octanol–water partition coefficient (Wildman–Crippen LogP) is 1.82. The van der Waals surface area contributed by atoms with E-state index < -0.39 is 0 Å². The van der Waals surface area contributed by atoms with Crippen molar-refractivity contribution in [1.82, 2.24) is 4.98 Å². The Morgan fingerprint density at radius 1 is 1.60 bits per heavy atom. The van der Waals surface area contributed by atoms with Gasteiger partial charge in [-0.1, -0.05) is 0 Å². The molecule has 0 fully saturated rings. The van der Waals surface area contributed by atoms with E-state index >= 15 is 0 Å². The fourth-order valence-electron chi connectivity index (χ4n) is 1.13. The molecule has 1 rings (SSSR count). The van der Waals surface area contributed by atoms with Gasteiger partial charge in [0.15, 0.2) is 0 Å². The van der Waals surface area contributed by atoms with Crippen LogP contribution in [0.5, 0.6) is 0 Å². The number of rotatable bonds is 2. The van der Waals surface area contributed by atoms with Crippen LogP contribution in [0.15, 0.2) is 27.4 Å². The summed E-state index contributed by atoms with van der Waals surface area (Å²) in [7, 11) is 1.70. The third-order valence-corrected chi connectivity index (χ3v) is 2.50. The molecule has 80 valence electrons. The highest BCUT2D eigenvalue weighted by molar-refractivity contribution is 9.10. The van der Waals surface area contributed by atoms with Gasteiger partial charge < -0.3 is 11.5 Å². The molecule has 0 spiro atoms. The van der Waals surface area contributed by atoms with E-state index in [9.17, 15) is 0 Å². The van der Waals surface area contributed by atoms with Gasteiger partial charge in [-0.25, -0.2) is 4.98 Å². The summed E-state index contributed by atoms with van der Waals surface area (Å²) in [5, 5.41) is 0. The lowest BCUT2D eigenvalue weighted by Gasteiger charge is -2.05. The number of nitrogens with two attached hydrogens (primary N) is 2. The van der Waals surface area contributed by atoms with Gasteiger partial charge in [-0.2, -0.15) is 0 Å². The lowest BCUT2D eigenvalue weighted by atomic mass is 10.1. The van der Waals surface area contributed by atoms with Crippen LogP contribution in [0, 0.1) is 0 Å². The Hall–Kier alpha value is -1.36. The van der Waals surface area contributed by atoms with Gasteiger partial charge in [0.25, 0.3) is 0 Å². The van der Waals surface area contributed by atoms with Crippen LogP contribution in [0.25, 0.3) is 5.57 Å². The van der Waals surface area contributed by atoms with E-state index in [1.54, 1.807) is 19.5 Å². The van der Waals surface area contributed by atoms with E-state index in [0.717, 1.165) is 15.6 Å². The third kappa shape index (κ3) is 2.79. The van der Waals surface area contributed by atoms with Gasteiger partial charge in [0, 0.05) is 36.3 Å². The zero-order chi connectivity index (χ0) is 11.4. The number of nitrogens with zero attached hydrogens (tertiary/aromatic N) is 2. The third-order valence-electron chi connectivity index (χ3n) is 1.86. The quantitative estimate of drug-likeness (QED) is 0.804. The Kier molecular flexibility index (Phi) is 3.85. The summed E-state index contributed by atoms with van der Waals surface area (Å²) in [6, 6.07) is 1.87. The topological polar surface area (TPSA) is 77.3 Å². The SMILES string of the molecule is CN=C/C(=C(/C)N)c1cnc(N)c(Br)c1. The van der Waals surface area contributed by atoms with Gasteiger partial charge in [-0.05, 0) is 28.9 Å². The minimum atomic E-state index is 0.459. The van der Waals surface area contributed by atoms with Crippen LogP contribution in [0.1, 0.15) is 12.5 Å². The molecule has 5 heteroatoms. The minimum absolute atomic E-state index is 0.459. The molecule has 1 aromatic heterocycles. The van der Waals surface area contributed by atoms with Crippen molar-refractivity contribution < 1.29 is 0 Å². The standard InChI is InChI=1S/C10H13BrN4/c1-6(12)8(5-14-2)7-3-9(11)10(13)15-4-7/h3-5H,12H2,1-2H3,(H2,13,15)/b8-6+,14-5?. The lowest BCUT2D eigenvalue weighted by molar-refractivity contribution is 1.28. The Bertz CT molecular complexity index is 419. The molecule has 4 nitrogen and oxygen atoms in total. The van der Waals surface area contributed by atoms with Crippen molar-refractivity contribution in [2.75, 3.05) is 12.8 Å². The Labute approximate surface area is 97.2 Å². The maximum absolute atomic E-state index is 5.76. The molecule has 0 radical (unpaired) electrons. The molecule has 0 unspecified atom stereocenters.